The van der Waals surface area contributed by atoms with Crippen LogP contribution >= 0.6 is 0 Å². The number of carbonyl (C=O) groups is 1. The molecule has 2 aromatic heterocycles. The molecular weight excluding hydrogens is 276 g/mol. The summed E-state index contributed by atoms with van der Waals surface area (Å²) < 4.78 is 5.41. The molecule has 4 heteroatoms. The molecule has 0 aliphatic carbocycles. The number of rotatable bonds is 3. The lowest BCUT2D eigenvalue weighted by molar-refractivity contribution is 0.104. The minimum atomic E-state index is -0.300. The highest BCUT2D eigenvalue weighted by Gasteiger charge is 2.20. The van der Waals surface area contributed by atoms with Crippen molar-refractivity contribution in [3.63, 3.8) is 0 Å². The van der Waals surface area contributed by atoms with Crippen molar-refractivity contribution in [1.29, 1.82) is 5.26 Å². The Balaban J connectivity index is 2.10. The number of fused-ring (bicyclic) bond motifs is 1. The fourth-order valence-corrected chi connectivity index (χ4v) is 2.53. The number of allylic oxidation sites excluding steroid dienone is 1. The van der Waals surface area contributed by atoms with Gasteiger partial charge in [-0.2, -0.15) is 5.26 Å². The van der Waals surface area contributed by atoms with Crippen LogP contribution in [-0.4, -0.2) is 10.8 Å². The largest absolute Gasteiger partial charge is 0.462 e. The summed E-state index contributed by atoms with van der Waals surface area (Å²) in [5.74, 6) is 0.936. The Bertz CT molecular complexity index is 936. The number of hydrogen-bond donors (Lipinski definition) is 1. The van der Waals surface area contributed by atoms with E-state index in [4.69, 9.17) is 4.42 Å². The molecular formula is C18H14N2O2. The van der Waals surface area contributed by atoms with Crippen molar-refractivity contribution in [2.45, 2.75) is 13.8 Å². The number of H-pyrrole nitrogens is 1. The van der Waals surface area contributed by atoms with Crippen LogP contribution in [0.15, 0.2) is 46.4 Å². The lowest BCUT2D eigenvalue weighted by atomic mass is 10.0. The van der Waals surface area contributed by atoms with Gasteiger partial charge in [-0.25, -0.2) is 0 Å². The van der Waals surface area contributed by atoms with E-state index in [1.165, 1.54) is 6.08 Å². The Morgan fingerprint density at radius 2 is 2.00 bits per heavy atom. The number of ketones is 1. The number of aromatic nitrogens is 1. The third-order valence-corrected chi connectivity index (χ3v) is 3.53. The number of Topliss-reactive ketones (excluding diaryl/α,β-unsaturated/α-hetero) is 1. The normalized spacial score (nSPS) is 11.6. The minimum Gasteiger partial charge on any atom is -0.462 e. The summed E-state index contributed by atoms with van der Waals surface area (Å²) in [5.41, 5.74) is 2.23. The zero-order chi connectivity index (χ0) is 15.7. The molecule has 1 N–H and O–H groups in total. The molecule has 0 radical (unpaired) electrons. The Hall–Kier alpha value is -3.06. The van der Waals surface area contributed by atoms with E-state index in [1.807, 2.05) is 44.2 Å². The zero-order valence-electron chi connectivity index (χ0n) is 12.3. The molecule has 3 rings (SSSR count). The van der Waals surface area contributed by atoms with Crippen molar-refractivity contribution in [3.05, 3.63) is 64.7 Å². The van der Waals surface area contributed by atoms with E-state index in [2.05, 4.69) is 4.98 Å². The van der Waals surface area contributed by atoms with Crippen molar-refractivity contribution >= 4 is 22.8 Å². The lowest BCUT2D eigenvalue weighted by Crippen LogP contribution is -2.03. The number of aromatic amines is 1. The van der Waals surface area contributed by atoms with Crippen molar-refractivity contribution in [2.24, 2.45) is 0 Å². The van der Waals surface area contributed by atoms with Crippen molar-refractivity contribution < 1.29 is 9.21 Å². The number of furan rings is 1. The number of carbonyl (C=O) groups excluding carboxylic acids is 1. The molecule has 0 fully saturated rings. The first-order chi connectivity index (χ1) is 10.6. The third kappa shape index (κ3) is 2.33. The molecule has 0 aliphatic heterocycles. The first-order valence-electron chi connectivity index (χ1n) is 6.90. The minimum absolute atomic E-state index is 0.0576. The number of nitrogens with zero attached hydrogens (tertiary/aromatic N) is 1. The van der Waals surface area contributed by atoms with Crippen LogP contribution in [0.1, 0.15) is 27.6 Å². The predicted molar refractivity (Wildman–Crippen MR) is 84.4 cm³/mol. The Labute approximate surface area is 127 Å². The second kappa shape index (κ2) is 5.38. The number of nitriles is 1. The second-order valence-corrected chi connectivity index (χ2v) is 5.12. The molecule has 0 bridgehead atoms. The van der Waals surface area contributed by atoms with Gasteiger partial charge < -0.3 is 9.40 Å². The van der Waals surface area contributed by atoms with Gasteiger partial charge in [0.15, 0.2) is 0 Å². The van der Waals surface area contributed by atoms with E-state index in [9.17, 15) is 10.1 Å². The van der Waals surface area contributed by atoms with Gasteiger partial charge in [-0.1, -0.05) is 18.2 Å². The number of aryl methyl sites for hydroxylation is 2. The standard InChI is InChI=1S/C18H14N2O2/c1-11-7-8-14(22-11)9-13(10-19)18(21)17-12(2)20-16-6-4-3-5-15(16)17/h3-9,20H,1-2H3/b13-9-. The lowest BCUT2D eigenvalue weighted by Gasteiger charge is -1.99. The van der Waals surface area contributed by atoms with E-state index in [0.29, 0.717) is 11.3 Å². The number of para-hydroxylation sites is 1. The first-order valence-corrected chi connectivity index (χ1v) is 6.90. The maximum absolute atomic E-state index is 12.7. The van der Waals surface area contributed by atoms with E-state index < -0.39 is 0 Å². The Kier molecular flexibility index (Phi) is 3.40. The van der Waals surface area contributed by atoms with Gasteiger partial charge in [-0.15, -0.1) is 0 Å². The third-order valence-electron chi connectivity index (χ3n) is 3.53. The van der Waals surface area contributed by atoms with Crippen LogP contribution in [0.2, 0.25) is 0 Å². The average Bonchev–Trinajstić information content (AvgIpc) is 3.06. The fraction of sp³-hybridized carbons (Fsp3) is 0.111. The maximum atomic E-state index is 12.7. The molecule has 0 saturated heterocycles. The molecule has 108 valence electrons. The molecule has 4 nitrogen and oxygen atoms in total. The Morgan fingerprint density at radius 3 is 2.68 bits per heavy atom. The van der Waals surface area contributed by atoms with Gasteiger partial charge in [0.25, 0.3) is 0 Å². The maximum Gasteiger partial charge on any atom is 0.206 e. The van der Waals surface area contributed by atoms with Crippen LogP contribution < -0.4 is 0 Å². The predicted octanol–water partition coefficient (Wildman–Crippen LogP) is 4.17. The van der Waals surface area contributed by atoms with Gasteiger partial charge in [0.1, 0.15) is 23.2 Å². The quantitative estimate of drug-likeness (QED) is 0.447. The molecule has 0 saturated carbocycles. The van der Waals surface area contributed by atoms with Crippen molar-refractivity contribution in [2.75, 3.05) is 0 Å². The molecule has 1 aromatic carbocycles. The monoisotopic (exact) mass is 290 g/mol. The molecule has 0 atom stereocenters. The van der Waals surface area contributed by atoms with Gasteiger partial charge in [0.05, 0.1) is 5.56 Å². The summed E-state index contributed by atoms with van der Waals surface area (Å²) in [7, 11) is 0. The van der Waals surface area contributed by atoms with E-state index in [1.54, 1.807) is 12.1 Å². The van der Waals surface area contributed by atoms with Crippen LogP contribution in [0, 0.1) is 25.2 Å². The molecule has 2 heterocycles. The van der Waals surface area contributed by atoms with E-state index in [0.717, 1.165) is 22.4 Å². The van der Waals surface area contributed by atoms with Crippen LogP contribution in [-0.2, 0) is 0 Å². The van der Waals surface area contributed by atoms with Crippen LogP contribution in [0.5, 0.6) is 0 Å². The number of hydrogen-bond acceptors (Lipinski definition) is 3. The fourth-order valence-electron chi connectivity index (χ4n) is 2.53. The molecule has 0 aliphatic rings. The van der Waals surface area contributed by atoms with Crippen LogP contribution in [0.3, 0.4) is 0 Å². The highest BCUT2D eigenvalue weighted by atomic mass is 16.3. The smallest absolute Gasteiger partial charge is 0.206 e. The topological polar surface area (TPSA) is 69.8 Å². The van der Waals surface area contributed by atoms with E-state index >= 15 is 0 Å². The summed E-state index contributed by atoms with van der Waals surface area (Å²) >= 11 is 0. The summed E-state index contributed by atoms with van der Waals surface area (Å²) in [5, 5.41) is 10.2. The van der Waals surface area contributed by atoms with Gasteiger partial charge in [0.2, 0.25) is 5.78 Å². The first kappa shape index (κ1) is 13.9. The summed E-state index contributed by atoms with van der Waals surface area (Å²) in [4.78, 5) is 15.9. The van der Waals surface area contributed by atoms with Crippen molar-refractivity contribution in [1.82, 2.24) is 4.98 Å². The summed E-state index contributed by atoms with van der Waals surface area (Å²) in [6.45, 7) is 3.65. The van der Waals surface area contributed by atoms with E-state index in [-0.39, 0.29) is 11.4 Å². The van der Waals surface area contributed by atoms with Gasteiger partial charge >= 0.3 is 0 Å². The van der Waals surface area contributed by atoms with Crippen molar-refractivity contribution in [3.8, 4) is 6.07 Å². The highest BCUT2D eigenvalue weighted by Crippen LogP contribution is 2.25. The number of nitrogens with one attached hydrogen (secondary N) is 1. The summed E-state index contributed by atoms with van der Waals surface area (Å²) in [6, 6.07) is 13.1. The molecule has 0 amide bonds. The highest BCUT2D eigenvalue weighted by molar-refractivity contribution is 6.20. The number of benzene rings is 1. The zero-order valence-corrected chi connectivity index (χ0v) is 12.3. The molecule has 22 heavy (non-hydrogen) atoms. The van der Waals surface area contributed by atoms with Crippen LogP contribution in [0.4, 0.5) is 0 Å². The SMILES string of the molecule is Cc1ccc(/C=C(/C#N)C(=O)c2c(C)[nH]c3ccccc23)o1. The van der Waals surface area contributed by atoms with Crippen LogP contribution in [0.25, 0.3) is 17.0 Å². The second-order valence-electron chi connectivity index (χ2n) is 5.12. The Morgan fingerprint density at radius 1 is 1.23 bits per heavy atom. The molecule has 3 aromatic rings. The average molecular weight is 290 g/mol. The van der Waals surface area contributed by atoms with Gasteiger partial charge in [0, 0.05) is 22.7 Å². The molecule has 0 spiro atoms. The summed E-state index contributed by atoms with van der Waals surface area (Å²) in [6.07, 6.45) is 1.48. The van der Waals surface area contributed by atoms with Gasteiger partial charge in [-0.05, 0) is 32.0 Å². The van der Waals surface area contributed by atoms with Gasteiger partial charge in [-0.3, -0.25) is 4.79 Å². The molecule has 0 unspecified atom stereocenters.